The Hall–Kier alpha value is -3.58. The van der Waals surface area contributed by atoms with Crippen molar-refractivity contribution >= 4 is 5.91 Å². The van der Waals surface area contributed by atoms with Crippen LogP contribution in [0.25, 0.3) is 0 Å². The second-order valence-corrected chi connectivity index (χ2v) is 8.45. The van der Waals surface area contributed by atoms with Gasteiger partial charge in [-0.2, -0.15) is 0 Å². The van der Waals surface area contributed by atoms with Crippen LogP contribution in [0.15, 0.2) is 66.7 Å². The summed E-state index contributed by atoms with van der Waals surface area (Å²) in [5, 5.41) is 0. The number of halogens is 1. The van der Waals surface area contributed by atoms with E-state index in [1.807, 2.05) is 35.2 Å². The molecule has 2 aliphatic rings. The van der Waals surface area contributed by atoms with Crippen LogP contribution in [0.3, 0.4) is 0 Å². The summed E-state index contributed by atoms with van der Waals surface area (Å²) < 4.78 is 35.7. The Morgan fingerprint density at radius 3 is 2.65 bits per heavy atom. The van der Waals surface area contributed by atoms with E-state index < -0.39 is 0 Å². The third-order valence-corrected chi connectivity index (χ3v) is 5.95. The van der Waals surface area contributed by atoms with Gasteiger partial charge in [-0.3, -0.25) is 4.79 Å². The molecule has 0 spiro atoms. The summed E-state index contributed by atoms with van der Waals surface area (Å²) >= 11 is 0. The standard InChI is InChI=1S/C27H26FNO5/c28-22-4-1-3-20(13-22)17-32-23-9-6-19(7-10-23)15-29(16-24-5-2-12-31-24)27(30)21-8-11-25-26(14-21)34-18-33-25/h1,3-4,6-11,13-14,24H,2,5,12,15-18H2. The van der Waals surface area contributed by atoms with Gasteiger partial charge in [0.15, 0.2) is 11.5 Å². The summed E-state index contributed by atoms with van der Waals surface area (Å²) in [5.41, 5.74) is 2.30. The third-order valence-electron chi connectivity index (χ3n) is 5.95. The number of carbonyl (C=O) groups is 1. The Kier molecular flexibility index (Phi) is 6.62. The fourth-order valence-corrected chi connectivity index (χ4v) is 4.17. The summed E-state index contributed by atoms with van der Waals surface area (Å²) in [6.07, 6.45) is 1.98. The molecule has 2 aliphatic heterocycles. The summed E-state index contributed by atoms with van der Waals surface area (Å²) in [4.78, 5) is 15.2. The number of amides is 1. The Bertz CT molecular complexity index is 1140. The molecule has 1 amide bonds. The first kappa shape index (κ1) is 22.2. The molecule has 2 heterocycles. The van der Waals surface area contributed by atoms with Gasteiger partial charge in [0.1, 0.15) is 18.2 Å². The summed E-state index contributed by atoms with van der Waals surface area (Å²) in [6.45, 7) is 2.14. The van der Waals surface area contributed by atoms with Crippen molar-refractivity contribution in [3.8, 4) is 17.2 Å². The number of rotatable bonds is 8. The van der Waals surface area contributed by atoms with E-state index >= 15 is 0 Å². The highest BCUT2D eigenvalue weighted by Gasteiger charge is 2.25. The van der Waals surface area contributed by atoms with E-state index in [1.54, 1.807) is 24.3 Å². The highest BCUT2D eigenvalue weighted by Crippen LogP contribution is 2.33. The summed E-state index contributed by atoms with van der Waals surface area (Å²) in [6, 6.07) is 19.2. The molecule has 0 saturated carbocycles. The van der Waals surface area contributed by atoms with Crippen molar-refractivity contribution in [3.63, 3.8) is 0 Å². The molecular weight excluding hydrogens is 437 g/mol. The zero-order valence-electron chi connectivity index (χ0n) is 18.7. The average molecular weight is 464 g/mol. The Labute approximate surface area is 197 Å². The SMILES string of the molecule is O=C(c1ccc2c(c1)OCO2)N(Cc1ccc(OCc2cccc(F)c2)cc1)CC1CCCO1. The molecule has 0 N–H and O–H groups in total. The lowest BCUT2D eigenvalue weighted by molar-refractivity contribution is 0.0507. The molecule has 1 unspecified atom stereocenters. The van der Waals surface area contributed by atoms with Crippen molar-refractivity contribution in [2.75, 3.05) is 19.9 Å². The number of hydrogen-bond acceptors (Lipinski definition) is 5. The summed E-state index contributed by atoms with van der Waals surface area (Å²) in [5.74, 6) is 1.55. The van der Waals surface area contributed by atoms with Gasteiger partial charge >= 0.3 is 0 Å². The van der Waals surface area contributed by atoms with E-state index in [0.717, 1.165) is 30.6 Å². The lowest BCUT2D eigenvalue weighted by Crippen LogP contribution is -2.37. The van der Waals surface area contributed by atoms with E-state index in [0.29, 0.717) is 35.9 Å². The molecule has 176 valence electrons. The highest BCUT2D eigenvalue weighted by atomic mass is 19.1. The molecule has 0 aromatic heterocycles. The maximum Gasteiger partial charge on any atom is 0.254 e. The molecule has 5 rings (SSSR count). The largest absolute Gasteiger partial charge is 0.489 e. The molecule has 0 radical (unpaired) electrons. The fourth-order valence-electron chi connectivity index (χ4n) is 4.17. The van der Waals surface area contributed by atoms with Crippen LogP contribution >= 0.6 is 0 Å². The van der Waals surface area contributed by atoms with Gasteiger partial charge in [-0.1, -0.05) is 24.3 Å². The molecular formula is C27H26FNO5. The molecule has 1 saturated heterocycles. The monoisotopic (exact) mass is 463 g/mol. The van der Waals surface area contributed by atoms with Crippen LogP contribution in [0.2, 0.25) is 0 Å². The maximum atomic E-state index is 13.4. The van der Waals surface area contributed by atoms with Crippen molar-refractivity contribution in [3.05, 3.63) is 89.2 Å². The third kappa shape index (κ3) is 5.31. The van der Waals surface area contributed by atoms with Gasteiger partial charge in [0.25, 0.3) is 5.91 Å². The first-order valence-electron chi connectivity index (χ1n) is 11.4. The summed E-state index contributed by atoms with van der Waals surface area (Å²) in [7, 11) is 0. The number of hydrogen-bond donors (Lipinski definition) is 0. The van der Waals surface area contributed by atoms with E-state index in [4.69, 9.17) is 18.9 Å². The normalized spacial score (nSPS) is 16.4. The quantitative estimate of drug-likeness (QED) is 0.473. The molecule has 1 fully saturated rings. The second-order valence-electron chi connectivity index (χ2n) is 8.45. The molecule has 34 heavy (non-hydrogen) atoms. The van der Waals surface area contributed by atoms with E-state index in [-0.39, 0.29) is 31.2 Å². The predicted molar refractivity (Wildman–Crippen MR) is 123 cm³/mol. The van der Waals surface area contributed by atoms with Crippen LogP contribution < -0.4 is 14.2 Å². The second kappa shape index (κ2) is 10.1. The molecule has 1 atom stereocenters. The van der Waals surface area contributed by atoms with Crippen LogP contribution in [0.4, 0.5) is 4.39 Å². The number of ether oxygens (including phenoxy) is 4. The minimum absolute atomic E-state index is 0.0341. The van der Waals surface area contributed by atoms with Crippen LogP contribution in [0, 0.1) is 5.82 Å². The maximum absolute atomic E-state index is 13.4. The van der Waals surface area contributed by atoms with E-state index in [1.165, 1.54) is 12.1 Å². The van der Waals surface area contributed by atoms with Crippen molar-refractivity contribution in [2.45, 2.75) is 32.1 Å². The van der Waals surface area contributed by atoms with E-state index in [9.17, 15) is 9.18 Å². The van der Waals surface area contributed by atoms with Gasteiger partial charge in [0.05, 0.1) is 6.10 Å². The number of benzene rings is 3. The van der Waals surface area contributed by atoms with Crippen LogP contribution in [-0.4, -0.2) is 36.9 Å². The Morgan fingerprint density at radius 1 is 1.00 bits per heavy atom. The van der Waals surface area contributed by atoms with E-state index in [2.05, 4.69) is 0 Å². The van der Waals surface area contributed by atoms with Crippen molar-refractivity contribution in [1.29, 1.82) is 0 Å². The van der Waals surface area contributed by atoms with Gasteiger partial charge in [0.2, 0.25) is 6.79 Å². The molecule has 3 aromatic rings. The van der Waals surface area contributed by atoms with Crippen LogP contribution in [-0.2, 0) is 17.9 Å². The molecule has 7 heteroatoms. The number of fused-ring (bicyclic) bond motifs is 1. The number of nitrogens with zero attached hydrogens (tertiary/aromatic N) is 1. The lowest BCUT2D eigenvalue weighted by Gasteiger charge is -2.26. The van der Waals surface area contributed by atoms with Crippen molar-refractivity contribution in [2.24, 2.45) is 0 Å². The first-order chi connectivity index (χ1) is 16.6. The predicted octanol–water partition coefficient (Wildman–Crippen LogP) is 4.95. The van der Waals surface area contributed by atoms with Crippen LogP contribution in [0.5, 0.6) is 17.2 Å². The zero-order chi connectivity index (χ0) is 23.3. The van der Waals surface area contributed by atoms with Crippen molar-refractivity contribution in [1.82, 2.24) is 4.90 Å². The molecule has 0 aliphatic carbocycles. The Morgan fingerprint density at radius 2 is 1.85 bits per heavy atom. The Balaban J connectivity index is 1.27. The average Bonchev–Trinajstić information content (AvgIpc) is 3.54. The van der Waals surface area contributed by atoms with Gasteiger partial charge in [0, 0.05) is 25.3 Å². The topological polar surface area (TPSA) is 57.2 Å². The van der Waals surface area contributed by atoms with Gasteiger partial charge in [-0.05, 0) is 66.4 Å². The lowest BCUT2D eigenvalue weighted by atomic mass is 10.1. The van der Waals surface area contributed by atoms with Gasteiger partial charge < -0.3 is 23.8 Å². The molecule has 0 bridgehead atoms. The number of carbonyl (C=O) groups excluding carboxylic acids is 1. The molecule has 3 aromatic carbocycles. The molecule has 6 nitrogen and oxygen atoms in total. The van der Waals surface area contributed by atoms with Crippen LogP contribution in [0.1, 0.15) is 34.3 Å². The zero-order valence-corrected chi connectivity index (χ0v) is 18.7. The minimum atomic E-state index is -0.282. The first-order valence-corrected chi connectivity index (χ1v) is 11.4. The van der Waals surface area contributed by atoms with Gasteiger partial charge in [-0.25, -0.2) is 4.39 Å². The van der Waals surface area contributed by atoms with Crippen molar-refractivity contribution < 1.29 is 28.1 Å². The highest BCUT2D eigenvalue weighted by molar-refractivity contribution is 5.95. The minimum Gasteiger partial charge on any atom is -0.489 e. The van der Waals surface area contributed by atoms with Gasteiger partial charge in [-0.15, -0.1) is 0 Å². The smallest absolute Gasteiger partial charge is 0.254 e. The fraction of sp³-hybridized carbons (Fsp3) is 0.296.